The second-order valence-corrected chi connectivity index (χ2v) is 8.71. The Morgan fingerprint density at radius 2 is 1.64 bits per heavy atom. The summed E-state index contributed by atoms with van der Waals surface area (Å²) in [5.41, 5.74) is 1.58. The number of amides is 3. The molecule has 1 aliphatic heterocycles. The minimum Gasteiger partial charge on any atom is -0.497 e. The first kappa shape index (κ1) is 25.2. The van der Waals surface area contributed by atoms with Crippen LogP contribution in [-0.4, -0.2) is 48.9 Å². The van der Waals surface area contributed by atoms with Crippen LogP contribution in [0.2, 0.25) is 10.0 Å². The molecule has 0 saturated heterocycles. The zero-order valence-corrected chi connectivity index (χ0v) is 20.6. The zero-order valence-electron chi connectivity index (χ0n) is 19.0. The maximum atomic E-state index is 12.9. The van der Waals surface area contributed by atoms with E-state index in [0.29, 0.717) is 17.2 Å². The third-order valence-electron chi connectivity index (χ3n) is 5.53. The lowest BCUT2D eigenvalue weighted by molar-refractivity contribution is -0.119. The number of anilines is 1. The third-order valence-corrected chi connectivity index (χ3v) is 6.09. The zero-order chi connectivity index (χ0) is 25.8. The van der Waals surface area contributed by atoms with Crippen LogP contribution in [-0.2, 0) is 16.0 Å². The van der Waals surface area contributed by atoms with Crippen molar-refractivity contribution in [3.05, 3.63) is 93.0 Å². The van der Waals surface area contributed by atoms with Gasteiger partial charge in [-0.1, -0.05) is 35.3 Å². The average Bonchev–Trinajstić information content (AvgIpc) is 3.12. The number of methoxy groups -OCH3 is 1. The van der Waals surface area contributed by atoms with Crippen molar-refractivity contribution >= 4 is 52.6 Å². The van der Waals surface area contributed by atoms with E-state index >= 15 is 0 Å². The van der Waals surface area contributed by atoms with E-state index in [1.165, 1.54) is 30.3 Å². The monoisotopic (exact) mass is 526 g/mol. The molecule has 0 aromatic heterocycles. The number of fused-ring (bicyclic) bond motifs is 1. The van der Waals surface area contributed by atoms with Crippen LogP contribution in [0.15, 0.2) is 60.7 Å². The first-order valence-electron chi connectivity index (χ1n) is 10.8. The van der Waals surface area contributed by atoms with E-state index in [0.717, 1.165) is 10.5 Å². The quantitative estimate of drug-likeness (QED) is 0.339. The molecule has 0 spiro atoms. The van der Waals surface area contributed by atoms with Crippen molar-refractivity contribution < 1.29 is 28.7 Å². The standard InChI is InChI=1S/C26H20Cl2N2O6/c1-35-18-6-2-15(3-7-18)10-11-30-24(32)19-8-4-16(12-20(19)25(30)33)26(34)36-14-23(31)29-22-13-17(27)5-9-21(22)28/h2-9,12-13H,10-11,14H2,1H3,(H,29,31). The van der Waals surface area contributed by atoms with Gasteiger partial charge in [-0.2, -0.15) is 0 Å². The fraction of sp³-hybridized carbons (Fsp3) is 0.154. The number of halogens is 2. The number of nitrogens with one attached hydrogen (secondary N) is 1. The second kappa shape index (κ2) is 10.8. The van der Waals surface area contributed by atoms with E-state index in [-0.39, 0.29) is 33.9 Å². The van der Waals surface area contributed by atoms with Gasteiger partial charge in [0.2, 0.25) is 0 Å². The molecule has 36 heavy (non-hydrogen) atoms. The van der Waals surface area contributed by atoms with Crippen molar-refractivity contribution in [3.8, 4) is 5.75 Å². The molecule has 1 heterocycles. The lowest BCUT2D eigenvalue weighted by Gasteiger charge is -2.13. The molecule has 3 aromatic carbocycles. The molecule has 1 N–H and O–H groups in total. The molecule has 8 nitrogen and oxygen atoms in total. The van der Waals surface area contributed by atoms with Crippen LogP contribution in [0.4, 0.5) is 5.69 Å². The molecule has 3 amide bonds. The van der Waals surface area contributed by atoms with Gasteiger partial charge < -0.3 is 14.8 Å². The number of hydrogen-bond donors (Lipinski definition) is 1. The van der Waals surface area contributed by atoms with Crippen LogP contribution in [0.1, 0.15) is 36.6 Å². The Balaban J connectivity index is 1.37. The summed E-state index contributed by atoms with van der Waals surface area (Å²) in [4.78, 5) is 51.4. The molecule has 0 atom stereocenters. The number of esters is 1. The number of rotatable bonds is 8. The lowest BCUT2D eigenvalue weighted by Crippen LogP contribution is -2.31. The normalized spacial score (nSPS) is 12.4. The molecule has 0 bridgehead atoms. The fourth-order valence-corrected chi connectivity index (χ4v) is 3.98. The van der Waals surface area contributed by atoms with E-state index in [1.54, 1.807) is 25.3 Å². The summed E-state index contributed by atoms with van der Waals surface area (Å²) >= 11 is 11.9. The molecule has 10 heteroatoms. The van der Waals surface area contributed by atoms with Gasteiger partial charge in [-0.15, -0.1) is 0 Å². The van der Waals surface area contributed by atoms with E-state index < -0.39 is 30.3 Å². The Hall–Kier alpha value is -3.88. The summed E-state index contributed by atoms with van der Waals surface area (Å²) in [5.74, 6) is -1.65. The first-order valence-corrected chi connectivity index (χ1v) is 11.6. The molecular formula is C26H20Cl2N2O6. The number of nitrogens with zero attached hydrogens (tertiary/aromatic N) is 1. The summed E-state index contributed by atoms with van der Waals surface area (Å²) in [7, 11) is 1.57. The highest BCUT2D eigenvalue weighted by atomic mass is 35.5. The summed E-state index contributed by atoms with van der Waals surface area (Å²) in [5, 5.41) is 3.16. The van der Waals surface area contributed by atoms with Crippen LogP contribution in [0.3, 0.4) is 0 Å². The molecule has 4 rings (SSSR count). The molecule has 0 aliphatic carbocycles. The van der Waals surface area contributed by atoms with Crippen LogP contribution in [0.5, 0.6) is 5.75 Å². The lowest BCUT2D eigenvalue weighted by atomic mass is 10.1. The van der Waals surface area contributed by atoms with Gasteiger partial charge in [0, 0.05) is 11.6 Å². The summed E-state index contributed by atoms with van der Waals surface area (Å²) in [6.45, 7) is -0.398. The Morgan fingerprint density at radius 3 is 2.36 bits per heavy atom. The molecule has 3 aromatic rings. The molecule has 0 radical (unpaired) electrons. The number of hydrogen-bond acceptors (Lipinski definition) is 6. The van der Waals surface area contributed by atoms with Crippen molar-refractivity contribution in [3.63, 3.8) is 0 Å². The van der Waals surface area contributed by atoms with Crippen LogP contribution < -0.4 is 10.1 Å². The van der Waals surface area contributed by atoms with Gasteiger partial charge in [0.1, 0.15) is 5.75 Å². The molecule has 1 aliphatic rings. The van der Waals surface area contributed by atoms with Gasteiger partial charge in [0.05, 0.1) is 34.5 Å². The predicted octanol–water partition coefficient (Wildman–Crippen LogP) is 4.64. The van der Waals surface area contributed by atoms with Gasteiger partial charge in [0.15, 0.2) is 6.61 Å². The van der Waals surface area contributed by atoms with Gasteiger partial charge in [-0.3, -0.25) is 19.3 Å². The molecule has 184 valence electrons. The first-order chi connectivity index (χ1) is 17.3. The van der Waals surface area contributed by atoms with E-state index in [9.17, 15) is 19.2 Å². The molecular weight excluding hydrogens is 507 g/mol. The van der Waals surface area contributed by atoms with E-state index in [1.807, 2.05) is 12.1 Å². The Bertz CT molecular complexity index is 1360. The molecule has 0 fully saturated rings. The number of carbonyl (C=O) groups excluding carboxylic acids is 4. The maximum absolute atomic E-state index is 12.9. The highest BCUT2D eigenvalue weighted by Crippen LogP contribution is 2.26. The number of benzene rings is 3. The van der Waals surface area contributed by atoms with Crippen LogP contribution >= 0.6 is 23.2 Å². The van der Waals surface area contributed by atoms with E-state index in [2.05, 4.69) is 5.32 Å². The third kappa shape index (κ3) is 5.50. The summed E-state index contributed by atoms with van der Waals surface area (Å²) < 4.78 is 10.2. The second-order valence-electron chi connectivity index (χ2n) is 7.87. The van der Waals surface area contributed by atoms with Gasteiger partial charge in [0.25, 0.3) is 17.7 Å². The van der Waals surface area contributed by atoms with Crippen LogP contribution in [0.25, 0.3) is 0 Å². The van der Waals surface area contributed by atoms with E-state index in [4.69, 9.17) is 32.7 Å². The number of carbonyl (C=O) groups is 4. The Morgan fingerprint density at radius 1 is 0.917 bits per heavy atom. The number of imide groups is 1. The SMILES string of the molecule is COc1ccc(CCN2C(=O)c3ccc(C(=O)OCC(=O)Nc4cc(Cl)ccc4Cl)cc3C2=O)cc1. The Kier molecular flexibility index (Phi) is 7.57. The van der Waals surface area contributed by atoms with Crippen molar-refractivity contribution in [2.24, 2.45) is 0 Å². The largest absolute Gasteiger partial charge is 0.497 e. The van der Waals surface area contributed by atoms with Crippen molar-refractivity contribution in [2.45, 2.75) is 6.42 Å². The summed E-state index contributed by atoms with van der Waals surface area (Å²) in [6, 6.07) is 16.0. The average molecular weight is 527 g/mol. The predicted molar refractivity (Wildman–Crippen MR) is 134 cm³/mol. The minimum absolute atomic E-state index is 0.0421. The molecule has 0 saturated carbocycles. The summed E-state index contributed by atoms with van der Waals surface area (Å²) in [6.07, 6.45) is 0.468. The van der Waals surface area contributed by atoms with Crippen molar-refractivity contribution in [1.82, 2.24) is 4.90 Å². The maximum Gasteiger partial charge on any atom is 0.338 e. The topological polar surface area (TPSA) is 102 Å². The number of ether oxygens (including phenoxy) is 2. The van der Waals surface area contributed by atoms with Gasteiger partial charge >= 0.3 is 5.97 Å². The Labute approximate surface area is 216 Å². The smallest absolute Gasteiger partial charge is 0.338 e. The van der Waals surface area contributed by atoms with Crippen molar-refractivity contribution in [2.75, 3.05) is 25.6 Å². The van der Waals surface area contributed by atoms with Crippen molar-refractivity contribution in [1.29, 1.82) is 0 Å². The van der Waals surface area contributed by atoms with Gasteiger partial charge in [-0.25, -0.2) is 4.79 Å². The molecule has 0 unspecified atom stereocenters. The van der Waals surface area contributed by atoms with Crippen LogP contribution in [0, 0.1) is 0 Å². The van der Waals surface area contributed by atoms with Gasteiger partial charge in [-0.05, 0) is 60.5 Å². The fourth-order valence-electron chi connectivity index (χ4n) is 3.65. The highest BCUT2D eigenvalue weighted by molar-refractivity contribution is 6.35. The minimum atomic E-state index is -0.818. The highest BCUT2D eigenvalue weighted by Gasteiger charge is 2.35.